The van der Waals surface area contributed by atoms with E-state index in [4.69, 9.17) is 75.8 Å². The Labute approximate surface area is 617 Å². The van der Waals surface area contributed by atoms with E-state index in [0.29, 0.717) is 0 Å². The van der Waals surface area contributed by atoms with E-state index in [1.165, 1.54) is 0 Å². The van der Waals surface area contributed by atoms with E-state index in [2.05, 4.69) is 16.0 Å². The van der Waals surface area contributed by atoms with Crippen LogP contribution in [-0.2, 0) is 90.2 Å². The third-order valence-electron chi connectivity index (χ3n) is 19.6. The van der Waals surface area contributed by atoms with Gasteiger partial charge in [-0.25, -0.2) is 0 Å². The Balaban J connectivity index is 1.09. The van der Waals surface area contributed by atoms with Crippen LogP contribution in [0.15, 0.2) is 0 Å². The van der Waals surface area contributed by atoms with Crippen LogP contribution in [0.1, 0.15) is 20.8 Å². The van der Waals surface area contributed by atoms with Gasteiger partial charge in [0, 0.05) is 20.8 Å². The van der Waals surface area contributed by atoms with Gasteiger partial charge < -0.3 is 230 Å². The van der Waals surface area contributed by atoms with Crippen molar-refractivity contribution in [2.45, 2.75) is 291 Å². The normalized spacial score (nSPS) is 47.0. The number of rotatable bonds is 32. The van der Waals surface area contributed by atoms with Crippen LogP contribution in [0, 0.1) is 0 Å². The van der Waals surface area contributed by atoms with E-state index in [1.54, 1.807) is 0 Å². The molecular weight excluding hydrogens is 1500 g/mol. The lowest BCUT2D eigenvalue weighted by atomic mass is 9.94. The first-order valence-corrected chi connectivity index (χ1v) is 34.6. The Morgan fingerprint density at radius 1 is 0.294 bits per heavy atom. The maximum Gasteiger partial charge on any atom is 0.217 e. The first kappa shape index (κ1) is 91.2. The molecule has 0 saturated carbocycles. The minimum absolute atomic E-state index is 0.902. The highest BCUT2D eigenvalue weighted by Crippen LogP contribution is 2.39. The summed E-state index contributed by atoms with van der Waals surface area (Å²) in [4.78, 5) is 38.6. The van der Waals surface area contributed by atoms with Gasteiger partial charge in [-0.3, -0.25) is 14.4 Å². The van der Waals surface area contributed by atoms with Gasteiger partial charge in [-0.1, -0.05) is 0 Å². The first-order chi connectivity index (χ1) is 51.6. The van der Waals surface area contributed by atoms with E-state index < -0.39 is 354 Å². The van der Waals surface area contributed by atoms with E-state index in [1.807, 2.05) is 0 Å². The van der Waals surface area contributed by atoms with Gasteiger partial charge in [-0.05, 0) is 0 Å². The topological polar surface area (TPSA) is 781 Å². The van der Waals surface area contributed by atoms with Crippen LogP contribution in [0.25, 0.3) is 0 Å². The quantitative estimate of drug-likeness (QED) is 0.0297. The standard InChI is InChI=1S/C60H103N3O46/c1-14(73)61-27-35(83)47(105-56-42(90)38(86)31(79)19(5-65)95-56)23(9-69)99-53(27)104-50-26(12-72)102-60(52(45(50)93)109-55-29(63-16(3)75)37(85)49(25(11-71)101-55)107-58-44(92)40(88)33(81)21(7-67)97-58)103-46(17(76)4-64)30(78)18(77)13-94-59-51(41(89)34(82)22(8-68)98-59)108-54-28(62-15(2)74)36(84)48(24(10-70)100-54)106-57-43(91)39(87)32(80)20(6-66)96-57/h17-60,64-72,76-93H,4-13H2,1-3H3,(H,61,73)(H,62,74)(H,63,75)/t17-,18-,19-,20-,21-,22-,23-,24-,25-,26-,27-,28-,29-,30-,31+,32+,33+,34-,35-,36-,37-,38+,39+,40+,41+,42-,43-,44-,45+,46-,47-,48-,49-,50-,51+,52+,53+,54+,55+,56+,57+,58+,59+,60-/m1/s1. The van der Waals surface area contributed by atoms with Gasteiger partial charge in [-0.15, -0.1) is 0 Å². The molecule has 8 aliphatic rings. The van der Waals surface area contributed by atoms with Gasteiger partial charge in [0.1, 0.15) is 220 Å². The molecule has 0 radical (unpaired) electrons. The Morgan fingerprint density at radius 2 is 0.550 bits per heavy atom. The molecule has 634 valence electrons. The van der Waals surface area contributed by atoms with Crippen LogP contribution in [0.5, 0.6) is 0 Å². The summed E-state index contributed by atoms with van der Waals surface area (Å²) >= 11 is 0. The fourth-order valence-electron chi connectivity index (χ4n) is 13.7. The maximum absolute atomic E-state index is 13.0. The molecule has 0 spiro atoms. The summed E-state index contributed by atoms with van der Waals surface area (Å²) in [5.74, 6) is -2.88. The van der Waals surface area contributed by atoms with Crippen molar-refractivity contribution in [2.24, 2.45) is 0 Å². The molecule has 8 fully saturated rings. The molecule has 49 nitrogen and oxygen atoms in total. The van der Waals surface area contributed by atoms with E-state index in [0.717, 1.165) is 20.8 Å². The second-order valence-corrected chi connectivity index (χ2v) is 27.2. The van der Waals surface area contributed by atoms with E-state index >= 15 is 0 Å². The van der Waals surface area contributed by atoms with Crippen molar-refractivity contribution in [1.82, 2.24) is 16.0 Å². The zero-order chi connectivity index (χ0) is 80.6. The maximum atomic E-state index is 13.0. The lowest BCUT2D eigenvalue weighted by molar-refractivity contribution is -0.394. The van der Waals surface area contributed by atoms with Gasteiger partial charge in [0.25, 0.3) is 0 Å². The number of aliphatic hydroxyl groups is 27. The molecule has 3 amide bonds. The number of carbonyl (C=O) groups excluding carboxylic acids is 3. The molecule has 30 N–H and O–H groups in total. The highest BCUT2D eigenvalue weighted by atomic mass is 16.8. The van der Waals surface area contributed by atoms with Crippen molar-refractivity contribution < 1.29 is 228 Å². The lowest BCUT2D eigenvalue weighted by Crippen LogP contribution is -2.71. The summed E-state index contributed by atoms with van der Waals surface area (Å²) in [6.45, 7) is -8.62. The average Bonchev–Trinajstić information content (AvgIpc) is 0.767. The highest BCUT2D eigenvalue weighted by Gasteiger charge is 2.60. The van der Waals surface area contributed by atoms with Crippen LogP contribution < -0.4 is 16.0 Å². The number of ether oxygens (including phenoxy) is 16. The van der Waals surface area contributed by atoms with Gasteiger partial charge in [0.05, 0.1) is 66.1 Å². The van der Waals surface area contributed by atoms with Crippen molar-refractivity contribution in [2.75, 3.05) is 66.1 Å². The Kier molecular flexibility index (Phi) is 33.9. The fraction of sp³-hybridized carbons (Fsp3) is 0.950. The summed E-state index contributed by atoms with van der Waals surface area (Å²) in [5, 5.41) is 302. The SMILES string of the molecule is CC(=O)N[C@H]1[C@H](O[C@@H]2[C@@H](O[C@@H]([C@H](O)[C@H](O)CO[C@H]3O[C@H](CO)[C@@H](O)[C@H](O)[C@@H]3O[C@@H]3O[C@H](CO)[C@@H](O[C@@H]4O[C@H](CO)[C@H](O)[C@H](O)[C@H]4O)[C@H](O)[C@H]3NC(C)=O)[C@H](O)CO)O[C@H](CO)[C@@H](O[C@@H]3O[C@H](CO)[C@@H](O[C@@H]4O[C@H](CO)[C@H](O)[C@H](O)[C@H]4O)[C@H](O)[C@H]3NC(C)=O)[C@@H]2O)O[C@H](CO)[C@@H](O[C@@H]2O[C@H](CO)[C@H](O)[C@H](O)[C@H]2O)[C@@H]1O. The summed E-state index contributed by atoms with van der Waals surface area (Å²) in [5.41, 5.74) is 0. The Hall–Kier alpha value is -3.31. The molecule has 0 aromatic carbocycles. The van der Waals surface area contributed by atoms with Crippen LogP contribution in [-0.4, -0.2) is 492 Å². The second kappa shape index (κ2) is 40.5. The molecule has 8 aliphatic heterocycles. The third kappa shape index (κ3) is 20.6. The van der Waals surface area contributed by atoms with Gasteiger partial charge in [0.2, 0.25) is 17.7 Å². The Morgan fingerprint density at radius 3 is 0.853 bits per heavy atom. The van der Waals surface area contributed by atoms with Gasteiger partial charge in [-0.2, -0.15) is 0 Å². The van der Waals surface area contributed by atoms with Crippen molar-refractivity contribution >= 4 is 17.7 Å². The number of hydrogen-bond donors (Lipinski definition) is 30. The number of amides is 3. The summed E-state index contributed by atoms with van der Waals surface area (Å²) in [6.07, 6.45) is -85.7. The first-order valence-electron chi connectivity index (χ1n) is 34.6. The van der Waals surface area contributed by atoms with Crippen molar-refractivity contribution in [1.29, 1.82) is 0 Å². The van der Waals surface area contributed by atoms with Crippen molar-refractivity contribution in [3.63, 3.8) is 0 Å². The minimum Gasteiger partial charge on any atom is -0.394 e. The molecule has 0 unspecified atom stereocenters. The molecule has 0 bridgehead atoms. The smallest absolute Gasteiger partial charge is 0.217 e. The molecular formula is C60H103N3O46. The third-order valence-corrected chi connectivity index (χ3v) is 19.6. The summed E-state index contributed by atoms with van der Waals surface area (Å²) < 4.78 is 93.5. The fourth-order valence-corrected chi connectivity index (χ4v) is 13.7. The van der Waals surface area contributed by atoms with Crippen molar-refractivity contribution in [3.05, 3.63) is 0 Å². The number of hydrogen-bond acceptors (Lipinski definition) is 46. The predicted molar refractivity (Wildman–Crippen MR) is 334 cm³/mol. The van der Waals surface area contributed by atoms with Gasteiger partial charge >= 0.3 is 0 Å². The number of aliphatic hydroxyl groups excluding tert-OH is 27. The van der Waals surface area contributed by atoms with Crippen LogP contribution >= 0.6 is 0 Å². The molecule has 0 aromatic rings. The minimum atomic E-state index is -2.66. The largest absolute Gasteiger partial charge is 0.394 e. The molecule has 44 atom stereocenters. The average molecular weight is 1600 g/mol. The molecule has 0 aliphatic carbocycles. The van der Waals surface area contributed by atoms with E-state index in [9.17, 15) is 152 Å². The monoisotopic (exact) mass is 1600 g/mol. The molecule has 8 heterocycles. The zero-order valence-corrected chi connectivity index (χ0v) is 58.3. The van der Waals surface area contributed by atoms with Crippen LogP contribution in [0.2, 0.25) is 0 Å². The van der Waals surface area contributed by atoms with Crippen molar-refractivity contribution in [3.8, 4) is 0 Å². The molecule has 49 heteroatoms. The molecule has 0 aromatic heterocycles. The van der Waals surface area contributed by atoms with Crippen LogP contribution in [0.3, 0.4) is 0 Å². The lowest BCUT2D eigenvalue weighted by Gasteiger charge is -2.51. The van der Waals surface area contributed by atoms with Crippen LogP contribution in [0.4, 0.5) is 0 Å². The number of nitrogens with one attached hydrogen (secondary N) is 3. The van der Waals surface area contributed by atoms with E-state index in [-0.39, 0.29) is 0 Å². The van der Waals surface area contributed by atoms with Gasteiger partial charge in [0.15, 0.2) is 50.3 Å². The molecule has 8 rings (SSSR count). The molecule has 109 heavy (non-hydrogen) atoms. The summed E-state index contributed by atoms with van der Waals surface area (Å²) in [6, 6.07) is -5.84. The second-order valence-electron chi connectivity index (χ2n) is 27.2. The zero-order valence-electron chi connectivity index (χ0n) is 58.3. The highest BCUT2D eigenvalue weighted by molar-refractivity contribution is 5.74. The Bertz CT molecular complexity index is 2790. The summed E-state index contributed by atoms with van der Waals surface area (Å²) in [7, 11) is 0. The number of carbonyl (C=O) groups is 3. The molecule has 8 saturated heterocycles. The predicted octanol–water partition coefficient (Wildman–Crippen LogP) is -20.6.